The van der Waals surface area contributed by atoms with Crippen LogP contribution in [0.1, 0.15) is 16.8 Å². The highest BCUT2D eigenvalue weighted by Gasteiger charge is 2.18. The van der Waals surface area contributed by atoms with Crippen molar-refractivity contribution >= 4 is 0 Å². The second-order valence-electron chi connectivity index (χ2n) is 6.87. The molecule has 1 N–H and O–H groups in total. The molecular weight excluding hydrogens is 336 g/mol. The average molecular weight is 360 g/mol. The van der Waals surface area contributed by atoms with E-state index in [0.29, 0.717) is 12.5 Å². The van der Waals surface area contributed by atoms with Gasteiger partial charge in [0.2, 0.25) is 0 Å². The normalized spacial score (nSPS) is 15.6. The molecule has 1 aromatic heterocycles. The number of rotatable bonds is 7. The van der Waals surface area contributed by atoms with Gasteiger partial charge in [0.1, 0.15) is 18.1 Å². The molecule has 138 valence electrons. The van der Waals surface area contributed by atoms with Crippen LogP contribution in [0.15, 0.2) is 72.9 Å². The summed E-state index contributed by atoms with van der Waals surface area (Å²) < 4.78 is 11.6. The van der Waals surface area contributed by atoms with Crippen molar-refractivity contribution < 1.29 is 9.47 Å². The van der Waals surface area contributed by atoms with Crippen molar-refractivity contribution in [1.29, 1.82) is 0 Å². The number of nitrogens with zero attached hydrogens (tertiary/aromatic N) is 1. The molecule has 4 nitrogen and oxygen atoms in total. The lowest BCUT2D eigenvalue weighted by atomic mass is 9.97. The maximum absolute atomic E-state index is 5.86. The Hall–Kier alpha value is -2.85. The van der Waals surface area contributed by atoms with E-state index in [0.717, 1.165) is 43.3 Å². The topological polar surface area (TPSA) is 43.4 Å². The van der Waals surface area contributed by atoms with Crippen molar-refractivity contribution in [1.82, 2.24) is 10.3 Å². The summed E-state index contributed by atoms with van der Waals surface area (Å²) in [5.41, 5.74) is 3.49. The average Bonchev–Trinajstić information content (AvgIpc) is 2.74. The fourth-order valence-electron chi connectivity index (χ4n) is 3.29. The van der Waals surface area contributed by atoms with Gasteiger partial charge < -0.3 is 14.8 Å². The van der Waals surface area contributed by atoms with E-state index in [-0.39, 0.29) is 0 Å². The highest BCUT2D eigenvalue weighted by atomic mass is 16.5. The van der Waals surface area contributed by atoms with E-state index in [1.54, 1.807) is 6.20 Å². The first-order chi connectivity index (χ1) is 13.4. The monoisotopic (exact) mass is 360 g/mol. The largest absolute Gasteiger partial charge is 0.493 e. The van der Waals surface area contributed by atoms with E-state index in [2.05, 4.69) is 40.6 Å². The highest BCUT2D eigenvalue weighted by Crippen LogP contribution is 2.26. The van der Waals surface area contributed by atoms with E-state index < -0.39 is 0 Å². The number of hydrogen-bond acceptors (Lipinski definition) is 4. The predicted molar refractivity (Wildman–Crippen MR) is 106 cm³/mol. The quantitative estimate of drug-likeness (QED) is 0.692. The molecule has 0 spiro atoms. The van der Waals surface area contributed by atoms with Crippen LogP contribution in [-0.2, 0) is 19.6 Å². The van der Waals surface area contributed by atoms with Gasteiger partial charge in [0.25, 0.3) is 0 Å². The zero-order valence-corrected chi connectivity index (χ0v) is 15.3. The van der Waals surface area contributed by atoms with Crippen molar-refractivity contribution in [3.8, 4) is 11.5 Å². The molecule has 1 aliphatic heterocycles. The van der Waals surface area contributed by atoms with Crippen LogP contribution in [0.25, 0.3) is 0 Å². The molecule has 0 fully saturated rings. The number of nitrogens with one attached hydrogen (secondary N) is 1. The van der Waals surface area contributed by atoms with E-state index >= 15 is 0 Å². The summed E-state index contributed by atoms with van der Waals surface area (Å²) in [6.07, 6.45) is 2.85. The Morgan fingerprint density at radius 3 is 2.70 bits per heavy atom. The van der Waals surface area contributed by atoms with Gasteiger partial charge in [0.05, 0.1) is 12.3 Å². The molecule has 4 heteroatoms. The maximum atomic E-state index is 5.86. The van der Waals surface area contributed by atoms with E-state index in [1.807, 2.05) is 36.4 Å². The second kappa shape index (κ2) is 8.69. The molecule has 2 aromatic carbocycles. The first-order valence-electron chi connectivity index (χ1n) is 9.40. The summed E-state index contributed by atoms with van der Waals surface area (Å²) in [6, 6.07) is 22.4. The van der Waals surface area contributed by atoms with Crippen molar-refractivity contribution in [2.24, 2.45) is 5.92 Å². The van der Waals surface area contributed by atoms with Crippen LogP contribution in [0, 0.1) is 5.92 Å². The van der Waals surface area contributed by atoms with Crippen molar-refractivity contribution in [3.63, 3.8) is 0 Å². The number of fused-ring (bicyclic) bond motifs is 1. The standard InChI is InChI=1S/C23H24N2O2/c1-2-7-23-20(5-1)13-19(16-27-23)15-24-14-18-8-10-22(11-9-18)26-17-21-6-3-4-12-25-21/h1-12,19,24H,13-17H2/t19-/m0/s1. The first-order valence-corrected chi connectivity index (χ1v) is 9.40. The molecule has 0 aliphatic carbocycles. The molecule has 0 unspecified atom stereocenters. The molecule has 0 amide bonds. The third kappa shape index (κ3) is 4.86. The fraction of sp³-hybridized carbons (Fsp3) is 0.261. The van der Waals surface area contributed by atoms with Crippen LogP contribution in [-0.4, -0.2) is 18.1 Å². The van der Waals surface area contributed by atoms with Gasteiger partial charge in [0, 0.05) is 25.2 Å². The van der Waals surface area contributed by atoms with Crippen LogP contribution >= 0.6 is 0 Å². The van der Waals surface area contributed by atoms with Crippen LogP contribution in [0.3, 0.4) is 0 Å². The minimum absolute atomic E-state index is 0.488. The Labute approximate surface area is 160 Å². The summed E-state index contributed by atoms with van der Waals surface area (Å²) in [7, 11) is 0. The number of pyridine rings is 1. The fourth-order valence-corrected chi connectivity index (χ4v) is 3.29. The molecule has 3 aromatic rings. The van der Waals surface area contributed by atoms with Crippen LogP contribution in [0.4, 0.5) is 0 Å². The number of benzene rings is 2. The molecular formula is C23H24N2O2. The molecule has 2 heterocycles. The molecule has 4 rings (SSSR count). The third-order valence-electron chi connectivity index (χ3n) is 4.75. The molecule has 1 atom stereocenters. The van der Waals surface area contributed by atoms with Crippen molar-refractivity contribution in [2.75, 3.05) is 13.2 Å². The smallest absolute Gasteiger partial charge is 0.130 e. The van der Waals surface area contributed by atoms with Gasteiger partial charge in [-0.3, -0.25) is 4.98 Å². The molecule has 1 aliphatic rings. The lowest BCUT2D eigenvalue weighted by Crippen LogP contribution is -2.31. The number of para-hydroxylation sites is 1. The summed E-state index contributed by atoms with van der Waals surface area (Å²) in [5.74, 6) is 2.41. The maximum Gasteiger partial charge on any atom is 0.130 e. The van der Waals surface area contributed by atoms with Gasteiger partial charge in [-0.2, -0.15) is 0 Å². The SMILES string of the molecule is c1ccc(COc2ccc(CNC[C@H]3COc4ccccc4C3)cc2)nc1. The zero-order chi connectivity index (χ0) is 18.3. The molecule has 0 bridgehead atoms. The Morgan fingerprint density at radius 1 is 1.00 bits per heavy atom. The first kappa shape index (κ1) is 17.6. The van der Waals surface area contributed by atoms with Crippen LogP contribution in [0.5, 0.6) is 11.5 Å². The minimum atomic E-state index is 0.488. The van der Waals surface area contributed by atoms with E-state index in [1.165, 1.54) is 11.1 Å². The van der Waals surface area contributed by atoms with Gasteiger partial charge in [-0.25, -0.2) is 0 Å². The Bertz CT molecular complexity index is 850. The minimum Gasteiger partial charge on any atom is -0.493 e. The van der Waals surface area contributed by atoms with Crippen molar-refractivity contribution in [2.45, 2.75) is 19.6 Å². The van der Waals surface area contributed by atoms with Gasteiger partial charge >= 0.3 is 0 Å². The molecule has 0 saturated heterocycles. The Kier molecular flexibility index (Phi) is 5.65. The lowest BCUT2D eigenvalue weighted by Gasteiger charge is -2.25. The van der Waals surface area contributed by atoms with E-state index in [4.69, 9.17) is 9.47 Å². The van der Waals surface area contributed by atoms with Crippen LogP contribution < -0.4 is 14.8 Å². The van der Waals surface area contributed by atoms with Gasteiger partial charge in [-0.1, -0.05) is 36.4 Å². The predicted octanol–water partition coefficient (Wildman–Crippen LogP) is 4.00. The third-order valence-corrected chi connectivity index (χ3v) is 4.75. The van der Waals surface area contributed by atoms with Crippen molar-refractivity contribution in [3.05, 3.63) is 89.7 Å². The summed E-state index contributed by atoms with van der Waals surface area (Å²) in [6.45, 7) is 3.07. The van der Waals surface area contributed by atoms with Gasteiger partial charge in [-0.15, -0.1) is 0 Å². The molecule has 27 heavy (non-hydrogen) atoms. The zero-order valence-electron chi connectivity index (χ0n) is 15.3. The summed E-state index contributed by atoms with van der Waals surface area (Å²) in [4.78, 5) is 4.27. The number of ether oxygens (including phenoxy) is 2. The number of aromatic nitrogens is 1. The van der Waals surface area contributed by atoms with Gasteiger partial charge in [-0.05, 0) is 47.9 Å². The summed E-state index contributed by atoms with van der Waals surface area (Å²) in [5, 5.41) is 3.55. The molecule has 0 saturated carbocycles. The second-order valence-corrected chi connectivity index (χ2v) is 6.87. The Balaban J connectivity index is 1.21. The van der Waals surface area contributed by atoms with Crippen LogP contribution in [0.2, 0.25) is 0 Å². The molecule has 0 radical (unpaired) electrons. The highest BCUT2D eigenvalue weighted by molar-refractivity contribution is 5.35. The lowest BCUT2D eigenvalue weighted by molar-refractivity contribution is 0.218. The Morgan fingerprint density at radius 2 is 1.85 bits per heavy atom. The van der Waals surface area contributed by atoms with Gasteiger partial charge in [0.15, 0.2) is 0 Å². The summed E-state index contributed by atoms with van der Waals surface area (Å²) >= 11 is 0. The number of hydrogen-bond donors (Lipinski definition) is 1. The van der Waals surface area contributed by atoms with E-state index in [9.17, 15) is 0 Å².